The number of hydrogen-bond donors (Lipinski definition) is 0. The molecular formula is C21H23N3O2. The largest absolute Gasteiger partial charge is 0.369 e. The van der Waals surface area contributed by atoms with Crippen molar-refractivity contribution < 1.29 is 9.53 Å². The number of hydrogen-bond acceptors (Lipinski definition) is 3. The number of aryl methyl sites for hydroxylation is 1. The zero-order chi connectivity index (χ0) is 18.3. The summed E-state index contributed by atoms with van der Waals surface area (Å²) >= 11 is 0. The molecule has 3 heterocycles. The molecule has 0 bridgehead atoms. The van der Waals surface area contributed by atoms with Gasteiger partial charge in [-0.2, -0.15) is 0 Å². The lowest BCUT2D eigenvalue weighted by Crippen LogP contribution is -2.56. The molecule has 0 saturated carbocycles. The highest BCUT2D eigenvalue weighted by atomic mass is 16.5. The highest BCUT2D eigenvalue weighted by Gasteiger charge is 2.39. The number of rotatable bonds is 2. The van der Waals surface area contributed by atoms with Crippen LogP contribution in [0.3, 0.4) is 0 Å². The first-order valence-corrected chi connectivity index (χ1v) is 8.88. The summed E-state index contributed by atoms with van der Waals surface area (Å²) in [6.07, 6.45) is 3.51. The molecule has 1 saturated heterocycles. The summed E-state index contributed by atoms with van der Waals surface area (Å²) in [4.78, 5) is 19.7. The second kappa shape index (κ2) is 6.25. The van der Waals surface area contributed by atoms with Crippen molar-refractivity contribution in [3.05, 3.63) is 71.7 Å². The van der Waals surface area contributed by atoms with Crippen LogP contribution in [0.5, 0.6) is 0 Å². The van der Waals surface area contributed by atoms with Crippen molar-refractivity contribution in [1.29, 1.82) is 0 Å². The summed E-state index contributed by atoms with van der Waals surface area (Å²) in [7, 11) is 0. The molecule has 1 aliphatic heterocycles. The molecule has 1 fully saturated rings. The van der Waals surface area contributed by atoms with E-state index in [0.717, 1.165) is 16.8 Å². The Hall–Kier alpha value is -2.66. The van der Waals surface area contributed by atoms with E-state index in [1.807, 2.05) is 78.7 Å². The van der Waals surface area contributed by atoms with Gasteiger partial charge < -0.3 is 9.64 Å². The van der Waals surface area contributed by atoms with Crippen molar-refractivity contribution in [2.45, 2.75) is 32.4 Å². The Labute approximate surface area is 153 Å². The number of ether oxygens (including phenoxy) is 1. The molecule has 26 heavy (non-hydrogen) atoms. The van der Waals surface area contributed by atoms with Crippen LogP contribution in [0, 0.1) is 6.92 Å². The van der Waals surface area contributed by atoms with E-state index in [9.17, 15) is 4.79 Å². The summed E-state index contributed by atoms with van der Waals surface area (Å²) in [5, 5.41) is 0. The van der Waals surface area contributed by atoms with Gasteiger partial charge in [0.15, 0.2) is 0 Å². The fraction of sp³-hybridized carbons (Fsp3) is 0.333. The maximum Gasteiger partial charge on any atom is 0.273 e. The SMILES string of the molecule is Cc1ccc2ncc(C(=O)N3C[C@H](c4ccccc4)OCC3(C)C)n2c1. The third kappa shape index (κ3) is 2.88. The average Bonchev–Trinajstić information content (AvgIpc) is 3.04. The minimum atomic E-state index is -0.379. The van der Waals surface area contributed by atoms with E-state index in [0.29, 0.717) is 18.8 Å². The van der Waals surface area contributed by atoms with E-state index in [2.05, 4.69) is 4.98 Å². The van der Waals surface area contributed by atoms with Gasteiger partial charge in [0.1, 0.15) is 17.4 Å². The zero-order valence-corrected chi connectivity index (χ0v) is 15.3. The Morgan fingerprint density at radius 2 is 1.96 bits per heavy atom. The van der Waals surface area contributed by atoms with Crippen molar-refractivity contribution in [2.24, 2.45) is 0 Å². The van der Waals surface area contributed by atoms with Crippen molar-refractivity contribution in [1.82, 2.24) is 14.3 Å². The first kappa shape index (κ1) is 16.8. The minimum Gasteiger partial charge on any atom is -0.369 e. The quantitative estimate of drug-likeness (QED) is 0.710. The van der Waals surface area contributed by atoms with E-state index in [1.165, 1.54) is 0 Å². The lowest BCUT2D eigenvalue weighted by molar-refractivity contribution is -0.0848. The van der Waals surface area contributed by atoms with E-state index < -0.39 is 0 Å². The molecule has 0 unspecified atom stereocenters. The van der Waals surface area contributed by atoms with E-state index >= 15 is 0 Å². The second-order valence-corrected chi connectivity index (χ2v) is 7.52. The molecule has 1 aliphatic rings. The number of fused-ring (bicyclic) bond motifs is 1. The third-order valence-electron chi connectivity index (χ3n) is 5.01. The molecule has 0 N–H and O–H groups in total. The highest BCUT2D eigenvalue weighted by Crippen LogP contribution is 2.31. The summed E-state index contributed by atoms with van der Waals surface area (Å²) < 4.78 is 7.94. The zero-order valence-electron chi connectivity index (χ0n) is 15.3. The predicted molar refractivity (Wildman–Crippen MR) is 100 cm³/mol. The molecule has 0 radical (unpaired) electrons. The van der Waals surface area contributed by atoms with Crippen LogP contribution in [0.1, 0.15) is 41.6 Å². The molecule has 3 aromatic rings. The van der Waals surface area contributed by atoms with Crippen molar-refractivity contribution in [2.75, 3.05) is 13.2 Å². The number of aromatic nitrogens is 2. The fourth-order valence-electron chi connectivity index (χ4n) is 3.46. The van der Waals surface area contributed by atoms with Gasteiger partial charge in [-0.05, 0) is 38.0 Å². The van der Waals surface area contributed by atoms with Crippen LogP contribution in [-0.2, 0) is 4.74 Å². The average molecular weight is 349 g/mol. The first-order valence-electron chi connectivity index (χ1n) is 8.88. The standard InChI is InChI=1S/C21H23N3O2/c1-15-9-10-19-22-11-17(23(19)12-15)20(25)24-13-18(26-14-21(24,2)3)16-7-5-4-6-8-16/h4-12,18H,13-14H2,1-3H3/t18-/m1/s1. The molecule has 5 nitrogen and oxygen atoms in total. The molecule has 0 spiro atoms. The second-order valence-electron chi connectivity index (χ2n) is 7.52. The Morgan fingerprint density at radius 1 is 1.19 bits per heavy atom. The Kier molecular flexibility index (Phi) is 4.04. The van der Waals surface area contributed by atoms with Crippen LogP contribution in [0.2, 0.25) is 0 Å². The van der Waals surface area contributed by atoms with Gasteiger partial charge in [-0.1, -0.05) is 36.4 Å². The topological polar surface area (TPSA) is 46.8 Å². The van der Waals surface area contributed by atoms with Gasteiger partial charge in [-0.25, -0.2) is 4.98 Å². The summed E-state index contributed by atoms with van der Waals surface area (Å²) in [5.41, 5.74) is 3.17. The Balaban J connectivity index is 1.69. The molecule has 1 amide bonds. The number of amides is 1. The number of carbonyl (C=O) groups excluding carboxylic acids is 1. The Morgan fingerprint density at radius 3 is 2.73 bits per heavy atom. The van der Waals surface area contributed by atoms with Gasteiger partial charge in [-0.15, -0.1) is 0 Å². The van der Waals surface area contributed by atoms with Gasteiger partial charge in [0.05, 0.1) is 24.9 Å². The van der Waals surface area contributed by atoms with Crippen molar-refractivity contribution >= 4 is 11.6 Å². The maximum atomic E-state index is 13.4. The molecule has 4 rings (SSSR count). The van der Waals surface area contributed by atoms with Gasteiger partial charge in [0.25, 0.3) is 5.91 Å². The van der Waals surface area contributed by atoms with Gasteiger partial charge in [0.2, 0.25) is 0 Å². The highest BCUT2D eigenvalue weighted by molar-refractivity contribution is 5.94. The van der Waals surface area contributed by atoms with Crippen LogP contribution >= 0.6 is 0 Å². The van der Waals surface area contributed by atoms with Crippen LogP contribution in [-0.4, -0.2) is 38.9 Å². The summed E-state index contributed by atoms with van der Waals surface area (Å²) in [5.74, 6) is -0.0164. The molecule has 1 atom stereocenters. The van der Waals surface area contributed by atoms with Gasteiger partial charge >= 0.3 is 0 Å². The lowest BCUT2D eigenvalue weighted by Gasteiger charge is -2.45. The fourth-order valence-corrected chi connectivity index (χ4v) is 3.46. The number of morpholine rings is 1. The van der Waals surface area contributed by atoms with Gasteiger partial charge in [-0.3, -0.25) is 9.20 Å². The van der Waals surface area contributed by atoms with Crippen LogP contribution < -0.4 is 0 Å². The molecule has 134 valence electrons. The summed E-state index contributed by atoms with van der Waals surface area (Å²) in [6, 6.07) is 14.0. The van der Waals surface area contributed by atoms with Gasteiger partial charge in [0, 0.05) is 6.20 Å². The molecular weight excluding hydrogens is 326 g/mol. The van der Waals surface area contributed by atoms with Crippen LogP contribution in [0.4, 0.5) is 0 Å². The van der Waals surface area contributed by atoms with E-state index in [1.54, 1.807) is 6.20 Å². The van der Waals surface area contributed by atoms with E-state index in [-0.39, 0.29) is 17.6 Å². The number of benzene rings is 1. The third-order valence-corrected chi connectivity index (χ3v) is 5.01. The molecule has 1 aromatic carbocycles. The molecule has 0 aliphatic carbocycles. The van der Waals surface area contributed by atoms with Crippen molar-refractivity contribution in [3.8, 4) is 0 Å². The number of carbonyl (C=O) groups is 1. The number of imidazole rings is 1. The Bertz CT molecular complexity index is 946. The maximum absolute atomic E-state index is 13.4. The van der Waals surface area contributed by atoms with Crippen LogP contribution in [0.25, 0.3) is 5.65 Å². The lowest BCUT2D eigenvalue weighted by atomic mass is 9.97. The summed E-state index contributed by atoms with van der Waals surface area (Å²) in [6.45, 7) is 7.11. The van der Waals surface area contributed by atoms with Crippen LogP contribution in [0.15, 0.2) is 54.9 Å². The monoisotopic (exact) mass is 349 g/mol. The number of pyridine rings is 1. The minimum absolute atomic E-state index is 0.0164. The normalized spacial score (nSPS) is 19.7. The first-order chi connectivity index (χ1) is 12.5. The van der Waals surface area contributed by atoms with E-state index in [4.69, 9.17) is 4.74 Å². The smallest absolute Gasteiger partial charge is 0.273 e. The number of nitrogens with zero attached hydrogens (tertiary/aromatic N) is 3. The van der Waals surface area contributed by atoms with Crippen molar-refractivity contribution in [3.63, 3.8) is 0 Å². The predicted octanol–water partition coefficient (Wildman–Crippen LogP) is 3.64. The molecule has 2 aromatic heterocycles. The molecule has 5 heteroatoms.